The summed E-state index contributed by atoms with van der Waals surface area (Å²) in [6.07, 6.45) is 0. The van der Waals surface area contributed by atoms with E-state index in [-0.39, 0.29) is 5.56 Å². The van der Waals surface area contributed by atoms with Crippen LogP contribution < -0.4 is 5.56 Å². The van der Waals surface area contributed by atoms with Crippen LogP contribution in [0.1, 0.15) is 0 Å². The first-order valence-electron chi connectivity index (χ1n) is 5.10. The van der Waals surface area contributed by atoms with Crippen LogP contribution in [-0.4, -0.2) is 4.98 Å². The van der Waals surface area contributed by atoms with Gasteiger partial charge in [0, 0.05) is 16.1 Å². The van der Waals surface area contributed by atoms with E-state index in [0.717, 1.165) is 21.3 Å². The molecule has 2 heterocycles. The molecule has 3 aromatic rings. The molecule has 0 atom stereocenters. The largest absolute Gasteiger partial charge is 0.321 e. The van der Waals surface area contributed by atoms with E-state index >= 15 is 0 Å². The minimum atomic E-state index is -0.0394. The van der Waals surface area contributed by atoms with Gasteiger partial charge in [-0.25, -0.2) is 0 Å². The van der Waals surface area contributed by atoms with Crippen LogP contribution in [0.3, 0.4) is 0 Å². The molecule has 0 bridgehead atoms. The molecule has 0 aliphatic carbocycles. The van der Waals surface area contributed by atoms with Crippen LogP contribution in [-0.2, 0) is 0 Å². The summed E-state index contributed by atoms with van der Waals surface area (Å²) >= 11 is 7.29. The van der Waals surface area contributed by atoms with Crippen LogP contribution in [0.2, 0.25) is 5.02 Å². The zero-order valence-electron chi connectivity index (χ0n) is 8.74. The van der Waals surface area contributed by atoms with Gasteiger partial charge < -0.3 is 4.98 Å². The van der Waals surface area contributed by atoms with Gasteiger partial charge in [-0.1, -0.05) is 23.7 Å². The van der Waals surface area contributed by atoms with Crippen LogP contribution in [0.15, 0.2) is 46.6 Å². The number of benzene rings is 1. The standard InChI is InChI=1S/C13H8ClNOS/c14-10-3-1-8(2-4-10)11-7-9-5-6-17-12(9)13(16)15-11/h1-7H,(H,15,16). The van der Waals surface area contributed by atoms with Crippen molar-refractivity contribution in [3.63, 3.8) is 0 Å². The van der Waals surface area contributed by atoms with E-state index in [9.17, 15) is 4.79 Å². The number of halogens is 1. The average molecular weight is 262 g/mol. The Morgan fingerprint density at radius 3 is 2.65 bits per heavy atom. The molecule has 2 nitrogen and oxygen atoms in total. The molecular formula is C13H8ClNOS. The number of H-pyrrole nitrogens is 1. The lowest BCUT2D eigenvalue weighted by atomic mass is 10.1. The molecule has 0 aliphatic heterocycles. The van der Waals surface area contributed by atoms with E-state index in [0.29, 0.717) is 5.02 Å². The van der Waals surface area contributed by atoms with E-state index in [1.807, 2.05) is 41.8 Å². The van der Waals surface area contributed by atoms with E-state index in [1.54, 1.807) is 0 Å². The van der Waals surface area contributed by atoms with Gasteiger partial charge in [0.05, 0.1) is 4.70 Å². The fourth-order valence-corrected chi connectivity index (χ4v) is 2.67. The first-order chi connectivity index (χ1) is 8.24. The van der Waals surface area contributed by atoms with Crippen molar-refractivity contribution in [3.8, 4) is 11.3 Å². The zero-order chi connectivity index (χ0) is 11.8. The smallest absolute Gasteiger partial charge is 0.266 e. The summed E-state index contributed by atoms with van der Waals surface area (Å²) in [5, 5.41) is 3.59. The number of pyridine rings is 1. The monoisotopic (exact) mass is 261 g/mol. The Kier molecular flexibility index (Phi) is 2.50. The van der Waals surface area contributed by atoms with Crippen LogP contribution in [0, 0.1) is 0 Å². The normalized spacial score (nSPS) is 10.9. The maximum atomic E-state index is 11.8. The number of aromatic amines is 1. The van der Waals surface area contributed by atoms with Crippen LogP contribution >= 0.6 is 22.9 Å². The van der Waals surface area contributed by atoms with Crippen molar-refractivity contribution in [3.05, 3.63) is 57.2 Å². The van der Waals surface area contributed by atoms with Gasteiger partial charge in [-0.2, -0.15) is 0 Å². The number of nitrogens with one attached hydrogen (secondary N) is 1. The third-order valence-corrected chi connectivity index (χ3v) is 3.79. The molecule has 0 fully saturated rings. The van der Waals surface area contributed by atoms with Crippen molar-refractivity contribution in [2.45, 2.75) is 0 Å². The van der Waals surface area contributed by atoms with E-state index in [1.165, 1.54) is 11.3 Å². The van der Waals surface area contributed by atoms with Crippen molar-refractivity contribution in [2.75, 3.05) is 0 Å². The van der Waals surface area contributed by atoms with E-state index in [2.05, 4.69) is 4.98 Å². The zero-order valence-corrected chi connectivity index (χ0v) is 10.3. The predicted octanol–water partition coefficient (Wildman–Crippen LogP) is 3.91. The minimum absolute atomic E-state index is 0.0394. The second-order valence-corrected chi connectivity index (χ2v) is 5.08. The number of aromatic nitrogens is 1. The molecule has 3 rings (SSSR count). The highest BCUT2D eigenvalue weighted by atomic mass is 35.5. The maximum absolute atomic E-state index is 11.8. The van der Waals surface area contributed by atoms with Crippen molar-refractivity contribution in [1.29, 1.82) is 0 Å². The van der Waals surface area contributed by atoms with Gasteiger partial charge in [-0.15, -0.1) is 11.3 Å². The van der Waals surface area contributed by atoms with Gasteiger partial charge in [-0.05, 0) is 35.2 Å². The molecule has 0 amide bonds. The van der Waals surface area contributed by atoms with Crippen LogP contribution in [0.5, 0.6) is 0 Å². The lowest BCUT2D eigenvalue weighted by Gasteiger charge is -2.02. The van der Waals surface area contributed by atoms with Crippen molar-refractivity contribution < 1.29 is 0 Å². The van der Waals surface area contributed by atoms with Crippen molar-refractivity contribution >= 4 is 33.0 Å². The van der Waals surface area contributed by atoms with Gasteiger partial charge in [0.15, 0.2) is 0 Å². The minimum Gasteiger partial charge on any atom is -0.321 e. The van der Waals surface area contributed by atoms with E-state index < -0.39 is 0 Å². The quantitative estimate of drug-likeness (QED) is 0.708. The summed E-state index contributed by atoms with van der Waals surface area (Å²) in [5.74, 6) is 0. The van der Waals surface area contributed by atoms with Crippen molar-refractivity contribution in [2.24, 2.45) is 0 Å². The lowest BCUT2D eigenvalue weighted by molar-refractivity contribution is 1.29. The molecule has 2 aromatic heterocycles. The number of fused-ring (bicyclic) bond motifs is 1. The Hall–Kier alpha value is -1.58. The fraction of sp³-hybridized carbons (Fsp3) is 0. The summed E-state index contributed by atoms with van der Waals surface area (Å²) in [6, 6.07) is 11.3. The lowest BCUT2D eigenvalue weighted by Crippen LogP contribution is -2.04. The molecular weight excluding hydrogens is 254 g/mol. The molecule has 0 spiro atoms. The van der Waals surface area contributed by atoms with E-state index in [4.69, 9.17) is 11.6 Å². The Bertz CT molecular complexity index is 727. The van der Waals surface area contributed by atoms with Gasteiger partial charge in [0.2, 0.25) is 0 Å². The number of thiophene rings is 1. The molecule has 0 saturated heterocycles. The summed E-state index contributed by atoms with van der Waals surface area (Å²) in [6.45, 7) is 0. The van der Waals surface area contributed by atoms with Crippen LogP contribution in [0.25, 0.3) is 21.3 Å². The maximum Gasteiger partial charge on any atom is 0.266 e. The van der Waals surface area contributed by atoms with Gasteiger partial charge >= 0.3 is 0 Å². The Labute approximate surface area is 106 Å². The Morgan fingerprint density at radius 2 is 1.88 bits per heavy atom. The summed E-state index contributed by atoms with van der Waals surface area (Å²) in [7, 11) is 0. The van der Waals surface area contributed by atoms with Gasteiger partial charge in [0.1, 0.15) is 0 Å². The highest BCUT2D eigenvalue weighted by Gasteiger charge is 2.04. The van der Waals surface area contributed by atoms with Crippen LogP contribution in [0.4, 0.5) is 0 Å². The third-order valence-electron chi connectivity index (χ3n) is 2.61. The van der Waals surface area contributed by atoms with Gasteiger partial charge in [0.25, 0.3) is 5.56 Å². The second-order valence-electron chi connectivity index (χ2n) is 3.72. The molecule has 0 unspecified atom stereocenters. The van der Waals surface area contributed by atoms with Gasteiger partial charge in [-0.3, -0.25) is 4.79 Å². The Balaban J connectivity index is 2.23. The second kappa shape index (κ2) is 4.02. The highest BCUT2D eigenvalue weighted by Crippen LogP contribution is 2.23. The summed E-state index contributed by atoms with van der Waals surface area (Å²) in [5.41, 5.74) is 1.74. The first-order valence-corrected chi connectivity index (χ1v) is 6.36. The summed E-state index contributed by atoms with van der Waals surface area (Å²) in [4.78, 5) is 14.7. The predicted molar refractivity (Wildman–Crippen MR) is 72.9 cm³/mol. The molecule has 17 heavy (non-hydrogen) atoms. The molecule has 1 N–H and O–H groups in total. The molecule has 1 aromatic carbocycles. The molecule has 0 aliphatic rings. The molecule has 0 radical (unpaired) electrons. The summed E-state index contributed by atoms with van der Waals surface area (Å²) < 4.78 is 0.766. The molecule has 84 valence electrons. The third kappa shape index (κ3) is 1.88. The fourth-order valence-electron chi connectivity index (χ4n) is 1.77. The molecule has 4 heteroatoms. The number of hydrogen-bond donors (Lipinski definition) is 1. The SMILES string of the molecule is O=c1[nH]c(-c2ccc(Cl)cc2)cc2ccsc12. The highest BCUT2D eigenvalue weighted by molar-refractivity contribution is 7.17. The average Bonchev–Trinajstić information content (AvgIpc) is 2.78. The topological polar surface area (TPSA) is 32.9 Å². The number of hydrogen-bond acceptors (Lipinski definition) is 2. The van der Waals surface area contributed by atoms with Crippen molar-refractivity contribution in [1.82, 2.24) is 4.98 Å². The molecule has 0 saturated carbocycles. The Morgan fingerprint density at radius 1 is 1.12 bits per heavy atom. The number of rotatable bonds is 1. The first kappa shape index (κ1) is 10.6.